The van der Waals surface area contributed by atoms with Crippen LogP contribution in [-0.2, 0) is 30.7 Å². The van der Waals surface area contributed by atoms with Gasteiger partial charge in [0, 0.05) is 0 Å². The van der Waals surface area contributed by atoms with Gasteiger partial charge in [0.25, 0.3) is 0 Å². The summed E-state index contributed by atoms with van der Waals surface area (Å²) in [6, 6.07) is 54.2. The summed E-state index contributed by atoms with van der Waals surface area (Å²) in [5.41, 5.74) is 13.6. The summed E-state index contributed by atoms with van der Waals surface area (Å²) in [4.78, 5) is 0. The van der Waals surface area contributed by atoms with Gasteiger partial charge in [0.15, 0.2) is 0 Å². The van der Waals surface area contributed by atoms with Crippen molar-refractivity contribution in [3.05, 3.63) is 185 Å². The van der Waals surface area contributed by atoms with Crippen molar-refractivity contribution in [3.63, 3.8) is 0 Å². The molecule has 42 heavy (non-hydrogen) atoms. The van der Waals surface area contributed by atoms with Crippen molar-refractivity contribution >= 4 is 3.21 Å². The molecule has 0 fully saturated rings. The van der Waals surface area contributed by atoms with E-state index in [0.29, 0.717) is 0 Å². The summed E-state index contributed by atoms with van der Waals surface area (Å²) in [7, 11) is 0. The molecule has 6 aromatic carbocycles. The van der Waals surface area contributed by atoms with E-state index >= 15 is 0 Å². The van der Waals surface area contributed by atoms with Crippen LogP contribution in [-0.4, -0.2) is 3.21 Å². The van der Waals surface area contributed by atoms with E-state index in [9.17, 15) is 0 Å². The number of benzene rings is 5. The first-order valence-corrected chi connectivity index (χ1v) is 14.9. The third-order valence-corrected chi connectivity index (χ3v) is 8.49. The zero-order valence-corrected chi connectivity index (χ0v) is 27.8. The number of fused-ring (bicyclic) bond motifs is 3. The van der Waals surface area contributed by atoms with Crippen LogP contribution in [0, 0.1) is 19.9 Å². The molecular weight excluding hydrogens is 631 g/mol. The van der Waals surface area contributed by atoms with Gasteiger partial charge in [-0.2, -0.15) is 52.6 Å². The quantitative estimate of drug-likeness (QED) is 0.254. The number of aryl methyl sites for hydroxylation is 2. The van der Waals surface area contributed by atoms with Crippen molar-refractivity contribution in [1.29, 1.82) is 0 Å². The fraction of sp³-hybridized carbons (Fsp3) is 0.0769. The fourth-order valence-corrected chi connectivity index (χ4v) is 5.92. The fourth-order valence-electron chi connectivity index (χ4n) is 5.11. The van der Waals surface area contributed by atoms with Gasteiger partial charge in [-0.15, -0.1) is 5.56 Å². The largest absolute Gasteiger partial charge is 0.179 e. The predicted octanol–water partition coefficient (Wildman–Crippen LogP) is 3.56. The predicted molar refractivity (Wildman–Crippen MR) is 167 cm³/mol. The summed E-state index contributed by atoms with van der Waals surface area (Å²) in [6.45, 7) is 4.30. The molecule has 0 N–H and O–H groups in total. The standard InChI is InChI=1S/C13H9.C13H13.C13H10.2ClH.Zr/c1-3-7-12-10(5-1)9-11-6-2-4-8-13(11)12;1-10-8-11(2)13(9-10)12-6-4-3-5-7-12;1-3-7-12(8-4-1)11-13-9-5-2-6-10-13;;;/h1-5,7-8H,9H2;3-9H,1-2H3;1-10H;2*1H;/q2*-1;;;;+2/p-2. The van der Waals surface area contributed by atoms with E-state index in [2.05, 4.69) is 159 Å². The van der Waals surface area contributed by atoms with Gasteiger partial charge in [0.2, 0.25) is 0 Å². The van der Waals surface area contributed by atoms with Crippen LogP contribution in [0.5, 0.6) is 0 Å². The van der Waals surface area contributed by atoms with Crippen molar-refractivity contribution in [2.75, 3.05) is 0 Å². The zero-order chi connectivity index (χ0) is 27.7. The summed E-state index contributed by atoms with van der Waals surface area (Å²) in [6.07, 6.45) is 1.05. The smallest absolute Gasteiger partial charge is 0.0253 e. The minimum atomic E-state index is 0. The minimum Gasteiger partial charge on any atom is -0.179 e. The van der Waals surface area contributed by atoms with Gasteiger partial charge in [-0.3, -0.25) is 0 Å². The Kier molecular flexibility index (Phi) is 13.0. The number of hydrogen-bond donors (Lipinski definition) is 0. The van der Waals surface area contributed by atoms with Gasteiger partial charge in [-0.1, -0.05) is 85.1 Å². The first kappa shape index (κ1) is 33.3. The molecule has 0 saturated carbocycles. The zero-order valence-electron chi connectivity index (χ0n) is 23.8. The van der Waals surface area contributed by atoms with Crippen LogP contribution in [0.3, 0.4) is 0 Å². The number of hydrogen-bond acceptors (Lipinski definition) is 0. The molecule has 0 radical (unpaired) electrons. The van der Waals surface area contributed by atoms with E-state index in [1.807, 2.05) is 6.07 Å². The molecule has 0 aromatic heterocycles. The second-order valence-corrected chi connectivity index (χ2v) is 11.2. The SMILES string of the molecule is Cc1cc(-c2ccccc2)c(C)[cH-]1.[Cl-].[Cl-].[Zr+2]=[C](c1ccccc1)c1ccccc1.[c-]1cccc2c1Cc1ccccc1-2. The monoisotopic (exact) mass is 660 g/mol. The van der Waals surface area contributed by atoms with E-state index < -0.39 is 0 Å². The van der Waals surface area contributed by atoms with Gasteiger partial charge < -0.3 is 24.8 Å². The van der Waals surface area contributed by atoms with Crippen LogP contribution in [0.2, 0.25) is 0 Å². The molecule has 0 saturated heterocycles. The van der Waals surface area contributed by atoms with Gasteiger partial charge in [0.1, 0.15) is 0 Å². The Hall–Kier alpha value is -3.22. The molecule has 1 aliphatic rings. The average Bonchev–Trinajstić information content (AvgIpc) is 3.57. The van der Waals surface area contributed by atoms with Gasteiger partial charge in [-0.05, 0) is 6.42 Å². The second kappa shape index (κ2) is 16.4. The molecule has 0 atom stereocenters. The molecule has 0 unspecified atom stereocenters. The first-order valence-electron chi connectivity index (χ1n) is 13.7. The van der Waals surface area contributed by atoms with Crippen LogP contribution in [0.15, 0.2) is 146 Å². The number of rotatable bonds is 3. The van der Waals surface area contributed by atoms with Crippen molar-refractivity contribution in [2.24, 2.45) is 0 Å². The van der Waals surface area contributed by atoms with E-state index in [1.165, 1.54) is 83.1 Å². The summed E-state index contributed by atoms with van der Waals surface area (Å²) >= 11 is 1.46. The van der Waals surface area contributed by atoms with Crippen LogP contribution in [0.4, 0.5) is 0 Å². The minimum absolute atomic E-state index is 0. The summed E-state index contributed by atoms with van der Waals surface area (Å²) in [5, 5.41) is 0. The Morgan fingerprint density at radius 1 is 0.619 bits per heavy atom. The van der Waals surface area contributed by atoms with E-state index in [4.69, 9.17) is 0 Å². The normalized spacial score (nSPS) is 10.3. The average molecular weight is 663 g/mol. The van der Waals surface area contributed by atoms with Gasteiger partial charge in [0.05, 0.1) is 0 Å². The molecule has 1 aliphatic carbocycles. The maximum absolute atomic E-state index is 3.30. The van der Waals surface area contributed by atoms with Gasteiger partial charge >= 0.3 is 99.2 Å². The maximum Gasteiger partial charge on any atom is -0.0253 e. The Labute approximate surface area is 278 Å². The Morgan fingerprint density at radius 2 is 1.14 bits per heavy atom. The van der Waals surface area contributed by atoms with Crippen molar-refractivity contribution < 1.29 is 49.0 Å². The van der Waals surface area contributed by atoms with E-state index in [1.54, 1.807) is 0 Å². The molecule has 0 nitrogen and oxygen atoms in total. The van der Waals surface area contributed by atoms with Crippen LogP contribution in [0.1, 0.15) is 33.4 Å². The molecule has 3 heteroatoms. The Bertz CT molecular complexity index is 1600. The molecule has 0 amide bonds. The van der Waals surface area contributed by atoms with E-state index in [0.717, 1.165) is 6.42 Å². The van der Waals surface area contributed by atoms with Crippen LogP contribution >= 0.6 is 0 Å². The van der Waals surface area contributed by atoms with Crippen LogP contribution in [0.25, 0.3) is 22.3 Å². The summed E-state index contributed by atoms with van der Waals surface area (Å²) in [5.74, 6) is 0. The van der Waals surface area contributed by atoms with Crippen LogP contribution < -0.4 is 24.8 Å². The van der Waals surface area contributed by atoms with Crippen molar-refractivity contribution in [1.82, 2.24) is 0 Å². The molecule has 6 aromatic rings. The Balaban J connectivity index is 0.000000169. The first-order chi connectivity index (χ1) is 19.6. The molecule has 0 aliphatic heterocycles. The van der Waals surface area contributed by atoms with Gasteiger partial charge in [-0.25, -0.2) is 6.07 Å². The molecule has 0 spiro atoms. The second-order valence-electron chi connectivity index (χ2n) is 10.00. The van der Waals surface area contributed by atoms with E-state index in [-0.39, 0.29) is 24.8 Å². The maximum atomic E-state index is 3.30. The number of halogens is 2. The molecule has 0 heterocycles. The van der Waals surface area contributed by atoms with Crippen molar-refractivity contribution in [3.8, 4) is 22.3 Å². The third kappa shape index (κ3) is 8.42. The molecular formula is C39H32Cl2Zr-2. The molecule has 208 valence electrons. The molecule has 0 bridgehead atoms. The van der Waals surface area contributed by atoms with Crippen molar-refractivity contribution in [2.45, 2.75) is 20.3 Å². The Morgan fingerprint density at radius 3 is 1.71 bits per heavy atom. The topological polar surface area (TPSA) is 0 Å². The molecule has 7 rings (SSSR count). The third-order valence-electron chi connectivity index (χ3n) is 7.07. The summed E-state index contributed by atoms with van der Waals surface area (Å²) < 4.78 is 1.42.